The number of hydrogen-bond donors (Lipinski definition) is 1. The number of alkyl halides is 3. The molecule has 1 aromatic carbocycles. The van der Waals surface area contributed by atoms with Crippen LogP contribution in [-0.4, -0.2) is 24.1 Å². The third-order valence-corrected chi connectivity index (χ3v) is 4.31. The van der Waals surface area contributed by atoms with Crippen LogP contribution in [0.4, 0.5) is 19.0 Å². The number of unbranched alkanes of at least 4 members (excludes halogenated alkanes) is 1. The lowest BCUT2D eigenvalue weighted by molar-refractivity contribution is -0.138. The molecular formula is C20H21F3N2O3. The molecule has 28 heavy (non-hydrogen) atoms. The van der Waals surface area contributed by atoms with Crippen molar-refractivity contribution in [3.8, 4) is 5.88 Å². The highest BCUT2D eigenvalue weighted by Crippen LogP contribution is 2.38. The van der Waals surface area contributed by atoms with Crippen molar-refractivity contribution in [2.24, 2.45) is 0 Å². The summed E-state index contributed by atoms with van der Waals surface area (Å²) in [7, 11) is 0. The van der Waals surface area contributed by atoms with E-state index >= 15 is 0 Å². The number of anilines is 1. The van der Waals surface area contributed by atoms with Gasteiger partial charge in [0.05, 0.1) is 18.8 Å². The Balaban J connectivity index is 1.49. The molecule has 1 aliphatic heterocycles. The van der Waals surface area contributed by atoms with E-state index in [9.17, 15) is 18.0 Å². The third kappa shape index (κ3) is 5.45. The number of aromatic nitrogens is 1. The highest BCUT2D eigenvalue weighted by molar-refractivity contribution is 5.93. The van der Waals surface area contributed by atoms with Crippen LogP contribution in [0, 0.1) is 0 Å². The van der Waals surface area contributed by atoms with Crippen LogP contribution in [0.3, 0.4) is 0 Å². The number of fused-ring (bicyclic) bond motifs is 1. The Morgan fingerprint density at radius 3 is 2.57 bits per heavy atom. The van der Waals surface area contributed by atoms with E-state index in [2.05, 4.69) is 10.3 Å². The summed E-state index contributed by atoms with van der Waals surface area (Å²) in [5.41, 5.74) is 0.284. The van der Waals surface area contributed by atoms with Gasteiger partial charge < -0.3 is 14.8 Å². The Bertz CT molecular complexity index is 810. The van der Waals surface area contributed by atoms with Crippen molar-refractivity contribution in [3.63, 3.8) is 0 Å². The summed E-state index contributed by atoms with van der Waals surface area (Å²) in [6, 6.07) is 10.7. The number of amides is 1. The molecule has 1 N–H and O–H groups in total. The molecule has 0 aliphatic carbocycles. The molecule has 5 nitrogen and oxygen atoms in total. The first-order chi connectivity index (χ1) is 13.4. The fraction of sp³-hybridized carbons (Fsp3) is 0.400. The standard InChI is InChI=1S/C20H21F3N2O3/c21-20(22,23)16-12-18(25-19-15(16)8-9-17(26)24-19)28-11-5-4-10-27-13-14-6-2-1-3-7-14/h1-3,6-7,12H,4-5,8-11,13H2,(H,24,25,26). The summed E-state index contributed by atoms with van der Waals surface area (Å²) in [4.78, 5) is 15.5. The maximum absolute atomic E-state index is 13.3. The van der Waals surface area contributed by atoms with Gasteiger partial charge in [-0.1, -0.05) is 30.3 Å². The van der Waals surface area contributed by atoms with Gasteiger partial charge in [0, 0.05) is 24.7 Å². The maximum Gasteiger partial charge on any atom is 0.417 e. The average molecular weight is 394 g/mol. The van der Waals surface area contributed by atoms with Crippen LogP contribution in [-0.2, 0) is 28.7 Å². The largest absolute Gasteiger partial charge is 0.478 e. The topological polar surface area (TPSA) is 60.5 Å². The highest BCUT2D eigenvalue weighted by atomic mass is 19.4. The lowest BCUT2D eigenvalue weighted by Gasteiger charge is -2.21. The third-order valence-electron chi connectivity index (χ3n) is 4.31. The number of benzene rings is 1. The van der Waals surface area contributed by atoms with E-state index in [0.717, 1.165) is 11.6 Å². The first-order valence-corrected chi connectivity index (χ1v) is 9.09. The number of halogens is 3. The van der Waals surface area contributed by atoms with Crippen LogP contribution in [0.5, 0.6) is 5.88 Å². The van der Waals surface area contributed by atoms with E-state index in [1.54, 1.807) is 0 Å². The lowest BCUT2D eigenvalue weighted by Crippen LogP contribution is -2.24. The summed E-state index contributed by atoms with van der Waals surface area (Å²) in [5.74, 6) is -0.549. The molecule has 0 saturated heterocycles. The van der Waals surface area contributed by atoms with E-state index < -0.39 is 11.7 Å². The van der Waals surface area contributed by atoms with Crippen LogP contribution in [0.15, 0.2) is 36.4 Å². The quantitative estimate of drug-likeness (QED) is 0.676. The van der Waals surface area contributed by atoms with Gasteiger partial charge in [0.2, 0.25) is 11.8 Å². The Morgan fingerprint density at radius 2 is 1.82 bits per heavy atom. The van der Waals surface area contributed by atoms with Gasteiger partial charge in [0.1, 0.15) is 5.82 Å². The fourth-order valence-electron chi connectivity index (χ4n) is 2.91. The van der Waals surface area contributed by atoms with E-state index in [-0.39, 0.29) is 42.6 Å². The minimum atomic E-state index is -4.53. The Labute approximate surface area is 160 Å². The summed E-state index contributed by atoms with van der Waals surface area (Å²) < 4.78 is 50.9. The van der Waals surface area contributed by atoms with Crippen molar-refractivity contribution in [1.29, 1.82) is 0 Å². The first-order valence-electron chi connectivity index (χ1n) is 9.09. The number of carbonyl (C=O) groups excluding carboxylic acids is 1. The van der Waals surface area contributed by atoms with E-state index in [0.29, 0.717) is 26.1 Å². The van der Waals surface area contributed by atoms with Gasteiger partial charge in [0.25, 0.3) is 0 Å². The zero-order valence-electron chi connectivity index (χ0n) is 15.2. The predicted octanol–water partition coefficient (Wildman–Crippen LogP) is 4.36. The minimum absolute atomic E-state index is 0.00811. The second-order valence-electron chi connectivity index (χ2n) is 6.47. The van der Waals surface area contributed by atoms with Crippen molar-refractivity contribution in [2.45, 2.75) is 38.5 Å². The number of carbonyl (C=O) groups is 1. The van der Waals surface area contributed by atoms with Gasteiger partial charge in [-0.05, 0) is 24.8 Å². The van der Waals surface area contributed by atoms with Crippen molar-refractivity contribution >= 4 is 11.7 Å². The molecule has 1 aliphatic rings. The van der Waals surface area contributed by atoms with Gasteiger partial charge in [-0.15, -0.1) is 0 Å². The molecule has 2 aromatic rings. The molecule has 1 amide bonds. The number of rotatable bonds is 8. The van der Waals surface area contributed by atoms with Gasteiger partial charge in [-0.3, -0.25) is 4.79 Å². The molecule has 0 atom stereocenters. The molecule has 0 fully saturated rings. The second-order valence-corrected chi connectivity index (χ2v) is 6.47. The Kier molecular flexibility index (Phi) is 6.51. The molecule has 0 bridgehead atoms. The number of pyridine rings is 1. The van der Waals surface area contributed by atoms with Gasteiger partial charge in [0.15, 0.2) is 0 Å². The predicted molar refractivity (Wildman–Crippen MR) is 97.0 cm³/mol. The van der Waals surface area contributed by atoms with Gasteiger partial charge >= 0.3 is 6.18 Å². The first kappa shape index (κ1) is 20.1. The van der Waals surface area contributed by atoms with Gasteiger partial charge in [-0.2, -0.15) is 18.2 Å². The van der Waals surface area contributed by atoms with Crippen LogP contribution >= 0.6 is 0 Å². The summed E-state index contributed by atoms with van der Waals surface area (Å²) >= 11 is 0. The number of nitrogens with zero attached hydrogens (tertiary/aromatic N) is 1. The molecule has 0 unspecified atom stereocenters. The summed E-state index contributed by atoms with van der Waals surface area (Å²) in [5, 5.41) is 2.40. The molecule has 3 rings (SSSR count). The zero-order chi connectivity index (χ0) is 20.0. The second kappa shape index (κ2) is 9.05. The summed E-state index contributed by atoms with van der Waals surface area (Å²) in [6.07, 6.45) is -3.18. The minimum Gasteiger partial charge on any atom is -0.478 e. The normalized spacial score (nSPS) is 13.8. The molecule has 0 saturated carbocycles. The fourth-order valence-corrected chi connectivity index (χ4v) is 2.91. The van der Waals surface area contributed by atoms with E-state index in [1.165, 1.54) is 0 Å². The van der Waals surface area contributed by atoms with E-state index in [1.807, 2.05) is 30.3 Å². The molecule has 8 heteroatoms. The van der Waals surface area contributed by atoms with Crippen molar-refractivity contribution in [3.05, 3.63) is 53.1 Å². The highest BCUT2D eigenvalue weighted by Gasteiger charge is 2.37. The smallest absolute Gasteiger partial charge is 0.417 e. The number of ether oxygens (including phenoxy) is 2. The molecule has 0 spiro atoms. The van der Waals surface area contributed by atoms with Crippen molar-refractivity contribution < 1.29 is 27.4 Å². The molecule has 150 valence electrons. The Hall–Kier alpha value is -2.61. The average Bonchev–Trinajstić information content (AvgIpc) is 2.66. The molecule has 2 heterocycles. The monoisotopic (exact) mass is 394 g/mol. The van der Waals surface area contributed by atoms with Crippen LogP contribution in [0.1, 0.15) is 36.0 Å². The Morgan fingerprint density at radius 1 is 1.07 bits per heavy atom. The molecule has 0 radical (unpaired) electrons. The summed E-state index contributed by atoms with van der Waals surface area (Å²) in [6.45, 7) is 1.26. The molecule has 1 aromatic heterocycles. The van der Waals surface area contributed by atoms with Crippen LogP contribution in [0.2, 0.25) is 0 Å². The van der Waals surface area contributed by atoms with Gasteiger partial charge in [-0.25, -0.2) is 0 Å². The van der Waals surface area contributed by atoms with Crippen molar-refractivity contribution in [1.82, 2.24) is 4.98 Å². The lowest BCUT2D eigenvalue weighted by atomic mass is 10.0. The van der Waals surface area contributed by atoms with Crippen LogP contribution < -0.4 is 10.1 Å². The number of hydrogen-bond acceptors (Lipinski definition) is 4. The van der Waals surface area contributed by atoms with Crippen molar-refractivity contribution in [2.75, 3.05) is 18.5 Å². The van der Waals surface area contributed by atoms with Crippen LogP contribution in [0.25, 0.3) is 0 Å². The van der Waals surface area contributed by atoms with E-state index in [4.69, 9.17) is 9.47 Å². The number of nitrogens with one attached hydrogen (secondary N) is 1. The zero-order valence-corrected chi connectivity index (χ0v) is 15.2. The maximum atomic E-state index is 13.3. The molecular weight excluding hydrogens is 373 g/mol. The SMILES string of the molecule is O=C1CCc2c(C(F)(F)F)cc(OCCCCOCc3ccccc3)nc2N1.